The second-order valence-electron chi connectivity index (χ2n) is 8.06. The van der Waals surface area contributed by atoms with Crippen LogP contribution in [0.3, 0.4) is 0 Å². The molecule has 1 aliphatic carbocycles. The summed E-state index contributed by atoms with van der Waals surface area (Å²) in [5.41, 5.74) is -0.867. The van der Waals surface area contributed by atoms with Gasteiger partial charge >= 0.3 is 0 Å². The predicted octanol–water partition coefficient (Wildman–Crippen LogP) is 5.00. The fraction of sp³-hybridized carbons (Fsp3) is 0.318. The molecule has 1 amide bonds. The topological polar surface area (TPSA) is 64.0 Å². The van der Waals surface area contributed by atoms with E-state index in [9.17, 15) is 31.5 Å². The van der Waals surface area contributed by atoms with Crippen LogP contribution in [0.2, 0.25) is 5.15 Å². The fourth-order valence-electron chi connectivity index (χ4n) is 3.90. The van der Waals surface area contributed by atoms with E-state index in [0.717, 1.165) is 12.3 Å². The molecule has 11 heteroatoms. The molecule has 174 valence electrons. The number of benzene rings is 1. The van der Waals surface area contributed by atoms with Crippen LogP contribution in [0.4, 0.5) is 22.0 Å². The number of aromatic nitrogens is 2. The van der Waals surface area contributed by atoms with Crippen molar-refractivity contribution in [1.29, 1.82) is 0 Å². The first-order valence-electron chi connectivity index (χ1n) is 9.92. The minimum Gasteiger partial charge on any atom is -0.315 e. The summed E-state index contributed by atoms with van der Waals surface area (Å²) < 4.78 is 70.9. The van der Waals surface area contributed by atoms with Crippen LogP contribution in [0.15, 0.2) is 29.2 Å². The number of hydrogen-bond donors (Lipinski definition) is 1. The zero-order chi connectivity index (χ0) is 24.2. The molecule has 1 atom stereocenters. The Morgan fingerprint density at radius 2 is 1.82 bits per heavy atom. The van der Waals surface area contributed by atoms with Crippen molar-refractivity contribution in [2.75, 3.05) is 0 Å². The van der Waals surface area contributed by atoms with E-state index in [1.54, 1.807) is 19.2 Å². The average molecular weight is 486 g/mol. The summed E-state index contributed by atoms with van der Waals surface area (Å²) in [6.45, 7) is 3.10. The summed E-state index contributed by atoms with van der Waals surface area (Å²) in [6, 6.07) is 3.13. The summed E-state index contributed by atoms with van der Waals surface area (Å²) >= 11 is 5.80. The van der Waals surface area contributed by atoms with Gasteiger partial charge in [-0.1, -0.05) is 11.6 Å². The van der Waals surface area contributed by atoms with Gasteiger partial charge < -0.3 is 5.32 Å². The van der Waals surface area contributed by atoms with Gasteiger partial charge in [0.1, 0.15) is 17.0 Å². The van der Waals surface area contributed by atoms with E-state index in [-0.39, 0.29) is 23.9 Å². The van der Waals surface area contributed by atoms with Gasteiger partial charge in [0.05, 0.1) is 11.1 Å². The lowest BCUT2D eigenvalue weighted by atomic mass is 10.1. The van der Waals surface area contributed by atoms with Gasteiger partial charge in [0.25, 0.3) is 12.3 Å². The molecule has 1 fully saturated rings. The Bertz CT molecular complexity index is 1330. The number of carbonyl (C=O) groups is 1. The van der Waals surface area contributed by atoms with Crippen LogP contribution in [-0.2, 0) is 0 Å². The van der Waals surface area contributed by atoms with Crippen molar-refractivity contribution in [3.8, 4) is 5.69 Å². The number of nitrogens with one attached hydrogen (secondary N) is 1. The summed E-state index contributed by atoms with van der Waals surface area (Å²) in [7, 11) is 0. The van der Waals surface area contributed by atoms with E-state index in [2.05, 4.69) is 4.98 Å². The van der Waals surface area contributed by atoms with Crippen molar-refractivity contribution in [3.05, 3.63) is 68.1 Å². The molecular weight excluding hydrogens is 469 g/mol. The van der Waals surface area contributed by atoms with Crippen LogP contribution in [-0.4, -0.2) is 27.7 Å². The molecule has 1 N–H and O–H groups in total. The van der Waals surface area contributed by atoms with Gasteiger partial charge in [-0.25, -0.2) is 26.9 Å². The third-order valence-electron chi connectivity index (χ3n) is 5.62. The highest BCUT2D eigenvalue weighted by Gasteiger charge is 2.54. The normalized spacial score (nSPS) is 15.7. The maximum Gasteiger partial charge on any atom is 0.290 e. The highest BCUT2D eigenvalue weighted by atomic mass is 35.5. The van der Waals surface area contributed by atoms with Crippen LogP contribution in [0, 0.1) is 31.4 Å². The van der Waals surface area contributed by atoms with Crippen LogP contribution in [0.5, 0.6) is 0 Å². The second-order valence-corrected chi connectivity index (χ2v) is 8.42. The number of hydrogen-bond acceptors (Lipinski definition) is 3. The number of fused-ring (bicyclic) bond motifs is 1. The lowest BCUT2D eigenvalue weighted by molar-refractivity contribution is -0.0671. The van der Waals surface area contributed by atoms with Gasteiger partial charge in [-0.2, -0.15) is 0 Å². The molecule has 1 aliphatic rings. The molecule has 0 radical (unpaired) electrons. The van der Waals surface area contributed by atoms with Gasteiger partial charge in [0.15, 0.2) is 11.0 Å². The van der Waals surface area contributed by atoms with E-state index in [1.807, 2.05) is 0 Å². The Morgan fingerprint density at radius 1 is 1.21 bits per heavy atom. The van der Waals surface area contributed by atoms with Crippen molar-refractivity contribution in [2.24, 2.45) is 5.92 Å². The van der Waals surface area contributed by atoms with Gasteiger partial charge in [-0.15, -0.1) is 0 Å². The van der Waals surface area contributed by atoms with E-state index >= 15 is 0 Å². The number of pyridine rings is 2. The molecule has 1 saturated carbocycles. The molecule has 33 heavy (non-hydrogen) atoms. The lowest BCUT2D eigenvalue weighted by Crippen LogP contribution is -2.53. The first kappa shape index (κ1) is 23.2. The highest BCUT2D eigenvalue weighted by Crippen LogP contribution is 2.44. The standard InChI is InChI=1S/C22H17ClF5N3O2/c1-9-5-12(24)6-10(2)16(9)31-8-14(17(32)13-7-15(25)18(23)29-19(13)31)20(33)30-22(28,21(26)27)11-3-4-11/h5-8,11,21H,3-4H2,1-2H3,(H,30,33). The van der Waals surface area contributed by atoms with Crippen LogP contribution in [0.25, 0.3) is 16.7 Å². The summed E-state index contributed by atoms with van der Waals surface area (Å²) in [5.74, 6) is -7.38. The Labute approximate surface area is 189 Å². The van der Waals surface area contributed by atoms with Crippen molar-refractivity contribution in [3.63, 3.8) is 0 Å². The lowest BCUT2D eigenvalue weighted by Gasteiger charge is -2.25. The number of alkyl halides is 3. The smallest absolute Gasteiger partial charge is 0.290 e. The van der Waals surface area contributed by atoms with Crippen molar-refractivity contribution >= 4 is 28.5 Å². The summed E-state index contributed by atoms with van der Waals surface area (Å²) in [4.78, 5) is 29.7. The first-order valence-corrected chi connectivity index (χ1v) is 10.3. The molecule has 1 aromatic carbocycles. The molecule has 0 aliphatic heterocycles. The molecule has 3 aromatic rings. The van der Waals surface area contributed by atoms with Crippen molar-refractivity contribution in [1.82, 2.24) is 14.9 Å². The maximum atomic E-state index is 14.9. The molecule has 4 rings (SSSR count). The van der Waals surface area contributed by atoms with Crippen molar-refractivity contribution in [2.45, 2.75) is 38.9 Å². The van der Waals surface area contributed by atoms with Gasteiger partial charge in [-0.05, 0) is 56.0 Å². The highest BCUT2D eigenvalue weighted by molar-refractivity contribution is 6.29. The minimum atomic E-state index is -3.52. The van der Waals surface area contributed by atoms with Crippen molar-refractivity contribution < 1.29 is 26.7 Å². The molecule has 1 unspecified atom stereocenters. The first-order chi connectivity index (χ1) is 15.4. The third-order valence-corrected chi connectivity index (χ3v) is 5.89. The fourth-order valence-corrected chi connectivity index (χ4v) is 4.03. The van der Waals surface area contributed by atoms with Gasteiger partial charge in [0, 0.05) is 12.1 Å². The van der Waals surface area contributed by atoms with E-state index in [1.165, 1.54) is 16.7 Å². The third kappa shape index (κ3) is 3.96. The molecule has 0 bridgehead atoms. The van der Waals surface area contributed by atoms with Gasteiger partial charge in [0.2, 0.25) is 11.2 Å². The SMILES string of the molecule is Cc1cc(F)cc(C)c1-n1cc(C(=O)NC(F)(C(F)F)C2CC2)c(=O)c2cc(F)c(Cl)nc21. The molecule has 2 aromatic heterocycles. The molecule has 5 nitrogen and oxygen atoms in total. The van der Waals surface area contributed by atoms with E-state index < -0.39 is 51.8 Å². The number of aryl methyl sites for hydroxylation is 2. The number of halogens is 6. The average Bonchev–Trinajstić information content (AvgIpc) is 3.56. The Hall–Kier alpha value is -3.01. The molecule has 0 saturated heterocycles. The number of carbonyl (C=O) groups excluding carboxylic acids is 1. The summed E-state index contributed by atoms with van der Waals surface area (Å²) in [5, 5.41) is 0.706. The molecule has 0 spiro atoms. The molecular formula is C22H17ClF5N3O2. The van der Waals surface area contributed by atoms with E-state index in [0.29, 0.717) is 16.8 Å². The monoisotopic (exact) mass is 485 g/mol. The zero-order valence-electron chi connectivity index (χ0n) is 17.4. The number of amides is 1. The Balaban J connectivity index is 1.97. The minimum absolute atomic E-state index is 0.150. The van der Waals surface area contributed by atoms with Crippen LogP contribution < -0.4 is 10.7 Å². The number of rotatable bonds is 5. The van der Waals surface area contributed by atoms with E-state index in [4.69, 9.17) is 11.6 Å². The van der Waals surface area contributed by atoms with Gasteiger partial charge in [-0.3, -0.25) is 14.2 Å². The predicted molar refractivity (Wildman–Crippen MR) is 112 cm³/mol. The maximum absolute atomic E-state index is 14.9. The van der Waals surface area contributed by atoms with Crippen LogP contribution >= 0.6 is 11.6 Å². The molecule has 2 heterocycles. The number of nitrogens with zero attached hydrogens (tertiary/aromatic N) is 2. The van der Waals surface area contributed by atoms with Crippen LogP contribution in [0.1, 0.15) is 34.3 Å². The quantitative estimate of drug-likeness (QED) is 0.314. The second kappa shape index (κ2) is 8.09. The largest absolute Gasteiger partial charge is 0.315 e. The Kier molecular flexibility index (Phi) is 5.68. The summed E-state index contributed by atoms with van der Waals surface area (Å²) in [6.07, 6.45) is -2.22. The Morgan fingerprint density at radius 3 is 2.36 bits per heavy atom. The zero-order valence-corrected chi connectivity index (χ0v) is 18.1.